The van der Waals surface area contributed by atoms with E-state index < -0.39 is 68.0 Å². The lowest BCUT2D eigenvalue weighted by Gasteiger charge is -2.59. The summed E-state index contributed by atoms with van der Waals surface area (Å²) in [7, 11) is 0. The average molecular weight is 483 g/mol. The summed E-state index contributed by atoms with van der Waals surface area (Å²) < 4.78 is 15.0. The fourth-order valence-electron chi connectivity index (χ4n) is 9.18. The molecule has 0 saturated heterocycles. The number of rotatable bonds is 1. The van der Waals surface area contributed by atoms with Crippen LogP contribution >= 0.6 is 23.2 Å². The lowest BCUT2D eigenvalue weighted by atomic mass is 9.44. The topological polar surface area (TPSA) is 88.5 Å². The molecule has 0 amide bonds. The molecule has 32 heavy (non-hydrogen) atoms. The molecule has 8 atom stereocenters. The molecular formula is C24H25Cl2FO5. The molecule has 0 bridgehead atoms. The molecule has 0 aromatic carbocycles. The maximum Gasteiger partial charge on any atom is 0.234 e. The van der Waals surface area contributed by atoms with Gasteiger partial charge in [0.1, 0.15) is 10.8 Å². The number of allylic oxidation sites excluding steroid dienone is 4. The molecule has 8 heteroatoms. The number of carbonyl (C=O) groups excluding carboxylic acids is 4. The molecule has 0 radical (unpaired) electrons. The summed E-state index contributed by atoms with van der Waals surface area (Å²) >= 11 is 12.5. The predicted octanol–water partition coefficient (Wildman–Crippen LogP) is 3.89. The SMILES string of the molecule is CC(=O)[C@@]12[C@@H](C[C@H]3[C@@H]4C(=O)C(=O)C5=C(F)C(=O)C(Cl)=C(Cl)[C@]5(C)[C@H]4[C@@H](O)C[C@@]31C)C2(C)C. The van der Waals surface area contributed by atoms with E-state index in [1.54, 1.807) is 6.92 Å². The largest absolute Gasteiger partial charge is 0.393 e. The Morgan fingerprint density at radius 3 is 2.25 bits per heavy atom. The van der Waals surface area contributed by atoms with Crippen LogP contribution in [-0.4, -0.2) is 34.3 Å². The number of aliphatic hydroxyl groups excluding tert-OH is 1. The van der Waals surface area contributed by atoms with Gasteiger partial charge in [0.15, 0.2) is 5.83 Å². The van der Waals surface area contributed by atoms with E-state index >= 15 is 4.39 Å². The molecule has 0 unspecified atom stereocenters. The highest BCUT2D eigenvalue weighted by atomic mass is 35.5. The summed E-state index contributed by atoms with van der Waals surface area (Å²) in [6.45, 7) is 9.06. The minimum absolute atomic E-state index is 0.0276. The van der Waals surface area contributed by atoms with Crippen LogP contribution in [0.4, 0.5) is 4.39 Å². The van der Waals surface area contributed by atoms with Crippen molar-refractivity contribution in [1.29, 1.82) is 0 Å². The highest BCUT2D eigenvalue weighted by molar-refractivity contribution is 6.54. The first-order chi connectivity index (χ1) is 14.6. The number of aliphatic hydroxyl groups is 1. The fourth-order valence-corrected chi connectivity index (χ4v) is 9.76. The molecule has 1 N–H and O–H groups in total. The molecule has 5 nitrogen and oxygen atoms in total. The van der Waals surface area contributed by atoms with Gasteiger partial charge >= 0.3 is 0 Å². The summed E-state index contributed by atoms with van der Waals surface area (Å²) in [4.78, 5) is 51.8. The van der Waals surface area contributed by atoms with Crippen molar-refractivity contribution < 1.29 is 28.7 Å². The summed E-state index contributed by atoms with van der Waals surface area (Å²) in [6, 6.07) is 0. The summed E-state index contributed by atoms with van der Waals surface area (Å²) in [6.07, 6.45) is -0.384. The molecule has 0 aromatic heterocycles. The van der Waals surface area contributed by atoms with E-state index in [0.29, 0.717) is 6.42 Å². The van der Waals surface area contributed by atoms with E-state index in [0.717, 1.165) is 0 Å². The van der Waals surface area contributed by atoms with Gasteiger partial charge in [0.25, 0.3) is 0 Å². The maximum absolute atomic E-state index is 15.0. The first kappa shape index (κ1) is 22.4. The lowest BCUT2D eigenvalue weighted by molar-refractivity contribution is -0.168. The maximum atomic E-state index is 15.0. The van der Waals surface area contributed by atoms with Crippen molar-refractivity contribution in [3.8, 4) is 0 Å². The van der Waals surface area contributed by atoms with Crippen LogP contribution in [0.15, 0.2) is 21.5 Å². The van der Waals surface area contributed by atoms with Gasteiger partial charge in [-0.05, 0) is 49.4 Å². The Hall–Kier alpha value is -1.37. The monoisotopic (exact) mass is 482 g/mol. The van der Waals surface area contributed by atoms with Crippen LogP contribution in [0.5, 0.6) is 0 Å². The van der Waals surface area contributed by atoms with Crippen LogP contribution in [0.2, 0.25) is 0 Å². The Bertz CT molecular complexity index is 1120. The van der Waals surface area contributed by atoms with Gasteiger partial charge in [-0.2, -0.15) is 0 Å². The molecule has 5 aliphatic rings. The molecule has 0 spiro atoms. The Kier molecular flexibility index (Phi) is 4.20. The van der Waals surface area contributed by atoms with Crippen LogP contribution < -0.4 is 0 Å². The third kappa shape index (κ3) is 1.96. The molecular weight excluding hydrogens is 458 g/mol. The summed E-state index contributed by atoms with van der Waals surface area (Å²) in [5, 5.41) is 10.7. The Morgan fingerprint density at radius 1 is 1.09 bits per heavy atom. The van der Waals surface area contributed by atoms with Crippen molar-refractivity contribution in [3.63, 3.8) is 0 Å². The second-order valence-corrected chi connectivity index (χ2v) is 12.0. The Morgan fingerprint density at radius 2 is 1.69 bits per heavy atom. The number of carbonyl (C=O) groups is 4. The molecule has 4 fully saturated rings. The zero-order chi connectivity index (χ0) is 23.9. The number of hydrogen-bond donors (Lipinski definition) is 1. The lowest BCUT2D eigenvalue weighted by Crippen LogP contribution is -2.63. The number of fused-ring (bicyclic) bond motifs is 7. The van der Waals surface area contributed by atoms with Gasteiger partial charge in [0, 0.05) is 22.7 Å². The standard InChI is InChI=1S/C24H25Cl2FO5/c1-8(28)24-11(21(24,2)3)6-9-12-13(10(29)7-22(9,24)4)23(5)14(18(31)17(12)30)16(27)19(32)15(25)20(23)26/h9-13,29H,6-7H2,1-5H3/t9-,10-,11-,12-,13-,22-,23+,24-/m0/s1. The van der Waals surface area contributed by atoms with Gasteiger partial charge in [0.05, 0.1) is 16.7 Å². The van der Waals surface area contributed by atoms with Crippen molar-refractivity contribution in [3.05, 3.63) is 21.5 Å². The van der Waals surface area contributed by atoms with Crippen molar-refractivity contribution in [2.75, 3.05) is 0 Å². The highest BCUT2D eigenvalue weighted by Crippen LogP contribution is 2.87. The van der Waals surface area contributed by atoms with Crippen molar-refractivity contribution >= 4 is 46.3 Å². The predicted molar refractivity (Wildman–Crippen MR) is 114 cm³/mol. The van der Waals surface area contributed by atoms with E-state index in [2.05, 4.69) is 0 Å². The highest BCUT2D eigenvalue weighted by Gasteiger charge is 2.87. The van der Waals surface area contributed by atoms with E-state index in [1.807, 2.05) is 20.8 Å². The summed E-state index contributed by atoms with van der Waals surface area (Å²) in [5.41, 5.74) is -3.88. The van der Waals surface area contributed by atoms with Crippen LogP contribution in [-0.2, 0) is 19.2 Å². The molecule has 0 aromatic rings. The van der Waals surface area contributed by atoms with Crippen molar-refractivity contribution in [1.82, 2.24) is 0 Å². The molecule has 0 heterocycles. The third-order valence-corrected chi connectivity index (χ3v) is 11.2. The molecule has 5 aliphatic carbocycles. The van der Waals surface area contributed by atoms with Gasteiger partial charge < -0.3 is 5.11 Å². The van der Waals surface area contributed by atoms with E-state index in [9.17, 15) is 24.3 Å². The number of hydrogen-bond acceptors (Lipinski definition) is 5. The van der Waals surface area contributed by atoms with Gasteiger partial charge in [0.2, 0.25) is 17.3 Å². The van der Waals surface area contributed by atoms with Crippen molar-refractivity contribution in [2.24, 2.45) is 45.3 Å². The normalized spacial score (nSPS) is 48.9. The Labute approximate surface area is 195 Å². The number of ketones is 4. The summed E-state index contributed by atoms with van der Waals surface area (Å²) in [5.74, 6) is -6.67. The van der Waals surface area contributed by atoms with E-state index in [4.69, 9.17) is 23.2 Å². The van der Waals surface area contributed by atoms with Crippen LogP contribution in [0.25, 0.3) is 0 Å². The first-order valence-electron chi connectivity index (χ1n) is 10.9. The fraction of sp³-hybridized carbons (Fsp3) is 0.667. The van der Waals surface area contributed by atoms with Crippen molar-refractivity contribution in [2.45, 2.75) is 53.6 Å². The van der Waals surface area contributed by atoms with E-state index in [1.165, 1.54) is 6.92 Å². The number of halogens is 3. The third-order valence-electron chi connectivity index (χ3n) is 10.2. The number of Topliss-reactive ketones (excluding diaryl/α,β-unsaturated/α-hetero) is 4. The van der Waals surface area contributed by atoms with Gasteiger partial charge in [-0.3, -0.25) is 19.2 Å². The molecule has 5 rings (SSSR count). The quantitative estimate of drug-likeness (QED) is 0.572. The zero-order valence-corrected chi connectivity index (χ0v) is 20.0. The molecule has 172 valence electrons. The van der Waals surface area contributed by atoms with Gasteiger partial charge in [-0.15, -0.1) is 0 Å². The Balaban J connectivity index is 1.73. The second kappa shape index (κ2) is 6.00. The first-order valence-corrected chi connectivity index (χ1v) is 11.7. The van der Waals surface area contributed by atoms with E-state index in [-0.39, 0.29) is 34.5 Å². The average Bonchev–Trinajstić information content (AvgIpc) is 3.04. The smallest absolute Gasteiger partial charge is 0.234 e. The van der Waals surface area contributed by atoms with Crippen LogP contribution in [0.1, 0.15) is 47.5 Å². The molecule has 4 saturated carbocycles. The van der Waals surface area contributed by atoms with Crippen LogP contribution in [0, 0.1) is 45.3 Å². The van der Waals surface area contributed by atoms with Gasteiger partial charge in [-0.25, -0.2) is 4.39 Å². The second-order valence-electron chi connectivity index (χ2n) is 11.3. The molecule has 0 aliphatic heterocycles. The van der Waals surface area contributed by atoms with Gasteiger partial charge in [-0.1, -0.05) is 44.0 Å². The minimum Gasteiger partial charge on any atom is -0.393 e. The van der Waals surface area contributed by atoms with Crippen LogP contribution in [0.3, 0.4) is 0 Å². The zero-order valence-electron chi connectivity index (χ0n) is 18.5. The minimum atomic E-state index is -1.60.